The zero-order valence-corrected chi connectivity index (χ0v) is 9.47. The van der Waals surface area contributed by atoms with Crippen LogP contribution in [0.2, 0.25) is 0 Å². The summed E-state index contributed by atoms with van der Waals surface area (Å²) >= 11 is 0. The van der Waals surface area contributed by atoms with E-state index in [2.05, 4.69) is 26.2 Å². The molecule has 1 aliphatic rings. The van der Waals surface area contributed by atoms with Gasteiger partial charge < -0.3 is 5.32 Å². The van der Waals surface area contributed by atoms with Gasteiger partial charge in [-0.25, -0.2) is 0 Å². The van der Waals surface area contributed by atoms with Gasteiger partial charge in [0, 0.05) is 6.04 Å². The van der Waals surface area contributed by atoms with Gasteiger partial charge in [0.2, 0.25) is 0 Å². The highest BCUT2D eigenvalue weighted by Crippen LogP contribution is 2.34. The quantitative estimate of drug-likeness (QED) is 0.639. The van der Waals surface area contributed by atoms with E-state index in [1.807, 2.05) is 0 Å². The predicted octanol–water partition coefficient (Wildman–Crippen LogP) is 3.20. The summed E-state index contributed by atoms with van der Waals surface area (Å²) in [4.78, 5) is 0. The van der Waals surface area contributed by atoms with Crippen molar-refractivity contribution in [2.45, 2.75) is 58.4 Å². The Morgan fingerprint density at radius 1 is 1.38 bits per heavy atom. The molecule has 1 N–H and O–H groups in total. The minimum absolute atomic E-state index is 0.774. The minimum Gasteiger partial charge on any atom is -0.317 e. The van der Waals surface area contributed by atoms with Crippen LogP contribution >= 0.6 is 0 Å². The van der Waals surface area contributed by atoms with E-state index in [1.165, 1.54) is 38.5 Å². The molecule has 0 bridgehead atoms. The molecule has 1 aliphatic carbocycles. The standard InChI is InChI=1S/C12H25N/c1-4-10(2)9-12(13-3)8-7-11-5-6-11/h10-13H,4-9H2,1-3H3. The fraction of sp³-hybridized carbons (Fsp3) is 1.00. The first-order valence-electron chi connectivity index (χ1n) is 5.93. The van der Waals surface area contributed by atoms with E-state index in [0.717, 1.165) is 17.9 Å². The third kappa shape index (κ3) is 4.66. The van der Waals surface area contributed by atoms with Crippen LogP contribution in [-0.4, -0.2) is 13.1 Å². The second kappa shape index (κ2) is 5.64. The molecule has 1 nitrogen and oxygen atoms in total. The Morgan fingerprint density at radius 3 is 2.54 bits per heavy atom. The predicted molar refractivity (Wildman–Crippen MR) is 58.9 cm³/mol. The summed E-state index contributed by atoms with van der Waals surface area (Å²) in [7, 11) is 2.11. The van der Waals surface area contributed by atoms with Crippen LogP contribution < -0.4 is 5.32 Å². The van der Waals surface area contributed by atoms with Gasteiger partial charge >= 0.3 is 0 Å². The van der Waals surface area contributed by atoms with E-state index in [4.69, 9.17) is 0 Å². The molecule has 1 fully saturated rings. The maximum Gasteiger partial charge on any atom is 0.00667 e. The van der Waals surface area contributed by atoms with E-state index >= 15 is 0 Å². The van der Waals surface area contributed by atoms with E-state index in [1.54, 1.807) is 0 Å². The number of rotatable bonds is 7. The Hall–Kier alpha value is -0.0400. The Morgan fingerprint density at radius 2 is 2.08 bits per heavy atom. The first-order chi connectivity index (χ1) is 6.26. The van der Waals surface area contributed by atoms with Gasteiger partial charge in [0.1, 0.15) is 0 Å². The molecule has 13 heavy (non-hydrogen) atoms. The summed E-state index contributed by atoms with van der Waals surface area (Å²) in [6.45, 7) is 4.65. The van der Waals surface area contributed by atoms with Crippen molar-refractivity contribution in [1.29, 1.82) is 0 Å². The van der Waals surface area contributed by atoms with E-state index < -0.39 is 0 Å². The van der Waals surface area contributed by atoms with Gasteiger partial charge in [-0.3, -0.25) is 0 Å². The fourth-order valence-electron chi connectivity index (χ4n) is 1.88. The molecule has 0 aromatic rings. The second-order valence-corrected chi connectivity index (χ2v) is 4.76. The SMILES string of the molecule is CCC(C)CC(CCC1CC1)NC. The molecule has 2 atom stereocenters. The molecule has 78 valence electrons. The lowest BCUT2D eigenvalue weighted by molar-refractivity contribution is 0.382. The Balaban J connectivity index is 2.08. The summed E-state index contributed by atoms with van der Waals surface area (Å²) < 4.78 is 0. The number of hydrogen-bond donors (Lipinski definition) is 1. The molecule has 1 heteroatoms. The van der Waals surface area contributed by atoms with Gasteiger partial charge in [-0.2, -0.15) is 0 Å². The second-order valence-electron chi connectivity index (χ2n) is 4.76. The largest absolute Gasteiger partial charge is 0.317 e. The molecule has 1 rings (SSSR count). The summed E-state index contributed by atoms with van der Waals surface area (Å²) in [5, 5.41) is 3.45. The highest BCUT2D eigenvalue weighted by Gasteiger charge is 2.22. The van der Waals surface area contributed by atoms with Crippen molar-refractivity contribution in [2.24, 2.45) is 11.8 Å². The first-order valence-corrected chi connectivity index (χ1v) is 5.93. The molecule has 0 amide bonds. The molecule has 0 saturated heterocycles. The summed E-state index contributed by atoms with van der Waals surface area (Å²) in [5.41, 5.74) is 0. The van der Waals surface area contributed by atoms with Crippen molar-refractivity contribution in [3.05, 3.63) is 0 Å². The molecule has 0 aromatic carbocycles. The maximum absolute atomic E-state index is 3.45. The van der Waals surface area contributed by atoms with E-state index in [9.17, 15) is 0 Å². The van der Waals surface area contributed by atoms with E-state index in [-0.39, 0.29) is 0 Å². The van der Waals surface area contributed by atoms with Crippen molar-refractivity contribution in [1.82, 2.24) is 5.32 Å². The molecule has 0 heterocycles. The summed E-state index contributed by atoms with van der Waals surface area (Å²) in [6, 6.07) is 0.774. The summed E-state index contributed by atoms with van der Waals surface area (Å²) in [6.07, 6.45) is 8.54. The van der Waals surface area contributed by atoms with Crippen LogP contribution in [0.15, 0.2) is 0 Å². The van der Waals surface area contributed by atoms with Crippen LogP contribution in [0.5, 0.6) is 0 Å². The molecule has 0 spiro atoms. The van der Waals surface area contributed by atoms with Crippen molar-refractivity contribution < 1.29 is 0 Å². The smallest absolute Gasteiger partial charge is 0.00667 e. The van der Waals surface area contributed by atoms with Gasteiger partial charge in [0.05, 0.1) is 0 Å². The van der Waals surface area contributed by atoms with Crippen molar-refractivity contribution in [3.8, 4) is 0 Å². The molecule has 1 saturated carbocycles. The average molecular weight is 183 g/mol. The van der Waals surface area contributed by atoms with Gasteiger partial charge in [-0.05, 0) is 38.1 Å². The molecular formula is C12H25N. The van der Waals surface area contributed by atoms with E-state index in [0.29, 0.717) is 0 Å². The van der Waals surface area contributed by atoms with Crippen LogP contribution in [0, 0.1) is 11.8 Å². The van der Waals surface area contributed by atoms with Crippen LogP contribution in [0.1, 0.15) is 52.4 Å². The third-order valence-corrected chi connectivity index (χ3v) is 3.41. The maximum atomic E-state index is 3.45. The van der Waals surface area contributed by atoms with Crippen LogP contribution in [0.4, 0.5) is 0 Å². The van der Waals surface area contributed by atoms with Crippen LogP contribution in [0.3, 0.4) is 0 Å². The normalized spacial score (nSPS) is 21.5. The molecule has 0 radical (unpaired) electrons. The Kier molecular flexibility index (Phi) is 4.79. The average Bonchev–Trinajstić information content (AvgIpc) is 2.95. The lowest BCUT2D eigenvalue weighted by atomic mass is 9.96. The summed E-state index contributed by atoms with van der Waals surface area (Å²) in [5.74, 6) is 1.98. The topological polar surface area (TPSA) is 12.0 Å². The molecular weight excluding hydrogens is 158 g/mol. The zero-order chi connectivity index (χ0) is 9.68. The van der Waals surface area contributed by atoms with Crippen molar-refractivity contribution in [3.63, 3.8) is 0 Å². The van der Waals surface area contributed by atoms with Gasteiger partial charge in [-0.15, -0.1) is 0 Å². The number of hydrogen-bond acceptors (Lipinski definition) is 1. The lowest BCUT2D eigenvalue weighted by Gasteiger charge is -2.19. The van der Waals surface area contributed by atoms with Crippen LogP contribution in [0.25, 0.3) is 0 Å². The molecule has 0 aliphatic heterocycles. The Labute approximate surface area is 83.3 Å². The highest BCUT2D eigenvalue weighted by molar-refractivity contribution is 4.77. The Bertz CT molecular complexity index is 129. The van der Waals surface area contributed by atoms with Crippen LogP contribution in [-0.2, 0) is 0 Å². The van der Waals surface area contributed by atoms with Gasteiger partial charge in [0.15, 0.2) is 0 Å². The first kappa shape index (κ1) is 11.0. The molecule has 2 unspecified atom stereocenters. The van der Waals surface area contributed by atoms with Crippen molar-refractivity contribution in [2.75, 3.05) is 7.05 Å². The number of nitrogens with one attached hydrogen (secondary N) is 1. The zero-order valence-electron chi connectivity index (χ0n) is 9.47. The van der Waals surface area contributed by atoms with Crippen molar-refractivity contribution >= 4 is 0 Å². The molecule has 0 aromatic heterocycles. The monoisotopic (exact) mass is 183 g/mol. The third-order valence-electron chi connectivity index (χ3n) is 3.41. The minimum atomic E-state index is 0.774. The fourth-order valence-corrected chi connectivity index (χ4v) is 1.88. The van der Waals surface area contributed by atoms with Gasteiger partial charge in [0.25, 0.3) is 0 Å². The highest BCUT2D eigenvalue weighted by atomic mass is 14.9. The lowest BCUT2D eigenvalue weighted by Crippen LogP contribution is -2.27. The van der Waals surface area contributed by atoms with Gasteiger partial charge in [-0.1, -0.05) is 33.1 Å².